The molecule has 2 N–H and O–H groups in total. The average Bonchev–Trinajstić information content (AvgIpc) is 3.20. The minimum Gasteiger partial charge on any atom is -0.364 e. The first-order chi connectivity index (χ1) is 17.2. The van der Waals surface area contributed by atoms with Gasteiger partial charge in [-0.15, -0.1) is 10.2 Å². The minimum absolute atomic E-state index is 0.0936. The summed E-state index contributed by atoms with van der Waals surface area (Å²) in [5.41, 5.74) is 6.46. The highest BCUT2D eigenvalue weighted by atomic mass is 32.2. The van der Waals surface area contributed by atoms with Crippen LogP contribution in [0.4, 0.5) is 13.2 Å². The number of hydrogen-bond donors (Lipinski definition) is 1. The molecule has 1 saturated heterocycles. The summed E-state index contributed by atoms with van der Waals surface area (Å²) in [6, 6.07) is 5.69. The number of rotatable bonds is 8. The fraction of sp³-hybridized carbons (Fsp3) is 0.458. The molecule has 0 radical (unpaired) electrons. The molecule has 0 unspecified atom stereocenters. The van der Waals surface area contributed by atoms with E-state index in [1.165, 1.54) is 24.5 Å². The van der Waals surface area contributed by atoms with Gasteiger partial charge in [-0.1, -0.05) is 23.9 Å². The van der Waals surface area contributed by atoms with Crippen molar-refractivity contribution in [2.75, 3.05) is 25.4 Å². The molecule has 1 amide bonds. The number of likely N-dealkylation sites (tertiary alicyclic amines) is 1. The summed E-state index contributed by atoms with van der Waals surface area (Å²) in [4.78, 5) is 21.8. The van der Waals surface area contributed by atoms with Gasteiger partial charge in [0.2, 0.25) is 0 Å². The van der Waals surface area contributed by atoms with Crippen LogP contribution in [0.25, 0.3) is 11.5 Å². The Morgan fingerprint density at radius 3 is 2.64 bits per heavy atom. The van der Waals surface area contributed by atoms with Crippen LogP contribution in [-0.4, -0.2) is 60.9 Å². The van der Waals surface area contributed by atoms with Crippen molar-refractivity contribution in [3.63, 3.8) is 0 Å². The van der Waals surface area contributed by atoms with Crippen LogP contribution in [-0.2, 0) is 13.2 Å². The van der Waals surface area contributed by atoms with Crippen LogP contribution in [0.5, 0.6) is 0 Å². The number of aromatic nitrogens is 5. The zero-order valence-electron chi connectivity index (χ0n) is 19.7. The monoisotopic (exact) mass is 517 g/mol. The van der Waals surface area contributed by atoms with Gasteiger partial charge in [0.05, 0.1) is 18.0 Å². The average molecular weight is 518 g/mol. The number of benzene rings is 1. The van der Waals surface area contributed by atoms with Crippen LogP contribution >= 0.6 is 11.8 Å². The Balaban J connectivity index is 1.09. The Morgan fingerprint density at radius 1 is 1.19 bits per heavy atom. The largest absolute Gasteiger partial charge is 0.416 e. The van der Waals surface area contributed by atoms with Crippen molar-refractivity contribution in [2.24, 2.45) is 18.2 Å². The molecule has 1 aliphatic carbocycles. The van der Waals surface area contributed by atoms with Crippen molar-refractivity contribution < 1.29 is 18.0 Å². The number of amides is 1. The lowest BCUT2D eigenvalue weighted by atomic mass is 9.97. The Morgan fingerprint density at radius 2 is 1.97 bits per heavy atom. The van der Waals surface area contributed by atoms with Crippen molar-refractivity contribution >= 4 is 17.7 Å². The lowest BCUT2D eigenvalue weighted by Crippen LogP contribution is -2.23. The molecule has 2 atom stereocenters. The summed E-state index contributed by atoms with van der Waals surface area (Å²) in [6.45, 7) is 2.99. The quantitative estimate of drug-likeness (QED) is 0.359. The number of primary amides is 1. The molecule has 1 aliphatic heterocycles. The number of halogens is 3. The SMILES string of the molecule is Cn1c(SCCCN2CC[C@]3(C[C@@H]3c3ccc(C(F)(F)F)cc3)C2)nnc1-c1cnc(C(N)=O)cn1. The topological polar surface area (TPSA) is 103 Å². The van der Waals surface area contributed by atoms with Gasteiger partial charge in [0.15, 0.2) is 11.0 Å². The van der Waals surface area contributed by atoms with Crippen molar-refractivity contribution in [1.82, 2.24) is 29.6 Å². The smallest absolute Gasteiger partial charge is 0.364 e. The van der Waals surface area contributed by atoms with E-state index in [2.05, 4.69) is 25.1 Å². The summed E-state index contributed by atoms with van der Waals surface area (Å²) < 4.78 is 40.4. The molecule has 2 aromatic heterocycles. The number of nitrogens with two attached hydrogens (primary N) is 1. The van der Waals surface area contributed by atoms with Crippen molar-refractivity contribution in [1.29, 1.82) is 0 Å². The van der Waals surface area contributed by atoms with Gasteiger partial charge < -0.3 is 15.2 Å². The van der Waals surface area contributed by atoms with E-state index >= 15 is 0 Å². The van der Waals surface area contributed by atoms with Crippen molar-refractivity contribution in [2.45, 2.75) is 36.5 Å². The van der Waals surface area contributed by atoms with Crippen LogP contribution in [0.2, 0.25) is 0 Å². The minimum atomic E-state index is -4.29. The van der Waals surface area contributed by atoms with Gasteiger partial charge in [-0.05, 0) is 61.4 Å². The molecule has 12 heteroatoms. The maximum Gasteiger partial charge on any atom is 0.416 e. The van der Waals surface area contributed by atoms with Crippen LogP contribution in [0.3, 0.4) is 0 Å². The number of carbonyl (C=O) groups is 1. The normalized spacial score (nSPS) is 21.8. The molecule has 1 spiro atoms. The molecule has 8 nitrogen and oxygen atoms in total. The highest BCUT2D eigenvalue weighted by molar-refractivity contribution is 7.99. The molecule has 190 valence electrons. The van der Waals surface area contributed by atoms with E-state index in [0.717, 1.165) is 55.4 Å². The van der Waals surface area contributed by atoms with E-state index in [1.54, 1.807) is 23.9 Å². The number of nitrogens with zero attached hydrogens (tertiary/aromatic N) is 6. The number of hydrogen-bond acceptors (Lipinski definition) is 7. The second kappa shape index (κ2) is 9.47. The van der Waals surface area contributed by atoms with E-state index in [0.29, 0.717) is 17.4 Å². The lowest BCUT2D eigenvalue weighted by Gasteiger charge is -2.16. The van der Waals surface area contributed by atoms with Crippen LogP contribution in [0.15, 0.2) is 41.8 Å². The molecular weight excluding hydrogens is 491 g/mol. The second-order valence-electron chi connectivity index (χ2n) is 9.48. The third-order valence-corrected chi connectivity index (χ3v) is 8.22. The molecule has 2 fully saturated rings. The van der Waals surface area contributed by atoms with Gasteiger partial charge in [0.1, 0.15) is 11.4 Å². The number of alkyl halides is 3. The molecule has 5 rings (SSSR count). The highest BCUT2D eigenvalue weighted by Crippen LogP contribution is 2.64. The third kappa shape index (κ3) is 4.96. The van der Waals surface area contributed by atoms with Crippen molar-refractivity contribution in [3.05, 3.63) is 53.5 Å². The van der Waals surface area contributed by atoms with Gasteiger partial charge in [0, 0.05) is 19.3 Å². The first-order valence-electron chi connectivity index (χ1n) is 11.7. The Bertz CT molecular complexity index is 1250. The van der Waals surface area contributed by atoms with Crippen LogP contribution in [0.1, 0.15) is 46.8 Å². The fourth-order valence-electron chi connectivity index (χ4n) is 5.04. The van der Waals surface area contributed by atoms with E-state index in [4.69, 9.17) is 5.73 Å². The van der Waals surface area contributed by atoms with E-state index in [9.17, 15) is 18.0 Å². The Kier molecular flexibility index (Phi) is 6.50. The third-order valence-electron chi connectivity index (χ3n) is 7.11. The van der Waals surface area contributed by atoms with E-state index in [-0.39, 0.29) is 11.1 Å². The molecule has 36 heavy (non-hydrogen) atoms. The number of thioether (sulfide) groups is 1. The highest BCUT2D eigenvalue weighted by Gasteiger charge is 2.57. The lowest BCUT2D eigenvalue weighted by molar-refractivity contribution is -0.137. The molecule has 3 heterocycles. The maximum atomic E-state index is 12.8. The fourth-order valence-corrected chi connectivity index (χ4v) is 5.87. The van der Waals surface area contributed by atoms with Gasteiger partial charge >= 0.3 is 6.18 Å². The Hall–Kier alpha value is -2.99. The zero-order valence-corrected chi connectivity index (χ0v) is 20.5. The van der Waals surface area contributed by atoms with Gasteiger partial charge in [-0.25, -0.2) is 9.97 Å². The second-order valence-corrected chi connectivity index (χ2v) is 10.5. The molecule has 0 bridgehead atoms. The van der Waals surface area contributed by atoms with Crippen LogP contribution < -0.4 is 5.73 Å². The molecule has 3 aromatic rings. The molecular formula is C24H26F3N7OS. The zero-order chi connectivity index (χ0) is 25.5. The first kappa shape index (κ1) is 24.7. The standard InChI is InChI=1S/C24H26F3N7OS/c1-33-21(19-13-29-18(12-30-19)20(28)35)31-32-22(33)36-10-2-8-34-9-7-23(14-34)11-17(23)15-3-5-16(6-4-15)24(25,26)27/h3-6,12-13,17H,2,7-11,14H2,1H3,(H2,28,35)/t17-,23+/m1/s1. The van der Waals surface area contributed by atoms with Gasteiger partial charge in [-0.3, -0.25) is 4.79 Å². The summed E-state index contributed by atoms with van der Waals surface area (Å²) in [6.07, 6.45) is 1.62. The Labute approximate surface area is 210 Å². The van der Waals surface area contributed by atoms with Gasteiger partial charge in [0.25, 0.3) is 5.91 Å². The predicted octanol–water partition coefficient (Wildman–Crippen LogP) is 3.75. The van der Waals surface area contributed by atoms with Crippen LogP contribution in [0, 0.1) is 5.41 Å². The van der Waals surface area contributed by atoms with E-state index in [1.807, 2.05) is 11.6 Å². The first-order valence-corrected chi connectivity index (χ1v) is 12.7. The molecule has 2 aliphatic rings. The predicted molar refractivity (Wildman–Crippen MR) is 128 cm³/mol. The van der Waals surface area contributed by atoms with E-state index < -0.39 is 17.6 Å². The summed E-state index contributed by atoms with van der Waals surface area (Å²) in [7, 11) is 1.86. The summed E-state index contributed by atoms with van der Waals surface area (Å²) >= 11 is 1.62. The maximum absolute atomic E-state index is 12.8. The molecule has 1 saturated carbocycles. The summed E-state index contributed by atoms with van der Waals surface area (Å²) in [5.74, 6) is 1.16. The number of carbonyl (C=O) groups excluding carboxylic acids is 1. The van der Waals surface area contributed by atoms with Gasteiger partial charge in [-0.2, -0.15) is 13.2 Å². The summed E-state index contributed by atoms with van der Waals surface area (Å²) in [5, 5.41) is 9.22. The molecule has 1 aromatic carbocycles. The van der Waals surface area contributed by atoms with Crippen molar-refractivity contribution in [3.8, 4) is 11.5 Å².